The van der Waals surface area contributed by atoms with Gasteiger partial charge in [-0.25, -0.2) is 4.39 Å². The van der Waals surface area contributed by atoms with E-state index in [9.17, 15) is 14.3 Å². The molecule has 0 radical (unpaired) electrons. The molecule has 0 fully saturated rings. The summed E-state index contributed by atoms with van der Waals surface area (Å²) in [7, 11) is 1.54. The summed E-state index contributed by atoms with van der Waals surface area (Å²) in [6.07, 6.45) is 6.31. The van der Waals surface area contributed by atoms with Gasteiger partial charge in [0, 0.05) is 36.1 Å². The van der Waals surface area contributed by atoms with Crippen molar-refractivity contribution < 1.29 is 19.0 Å². The number of aliphatic hydroxyl groups excluding tert-OH is 1. The standard InChI is InChI=1S/C20H22FN3O3/c1-12(25)11-22-8-3-4-13-15(21)5-6-16-19(13)14(20(26)24-16)10-17-18(27-2)7-9-23-17/h3-7,9-10,12,22-23,25H,8,11H2,1-2H3,(H,24,26)/b4-3?,14-10-. The average Bonchev–Trinajstić information content (AvgIpc) is 3.21. The van der Waals surface area contributed by atoms with Crippen molar-refractivity contribution in [3.05, 3.63) is 53.1 Å². The van der Waals surface area contributed by atoms with Crippen molar-refractivity contribution in [3.63, 3.8) is 0 Å². The summed E-state index contributed by atoms with van der Waals surface area (Å²) < 4.78 is 19.8. The number of amides is 1. The third-order valence-electron chi connectivity index (χ3n) is 4.19. The lowest BCUT2D eigenvalue weighted by Crippen LogP contribution is -2.24. The van der Waals surface area contributed by atoms with E-state index in [0.717, 1.165) is 0 Å². The number of carbonyl (C=O) groups is 1. The van der Waals surface area contributed by atoms with Gasteiger partial charge >= 0.3 is 0 Å². The number of aromatic amines is 1. The van der Waals surface area contributed by atoms with Crippen molar-refractivity contribution in [1.82, 2.24) is 10.3 Å². The third-order valence-corrected chi connectivity index (χ3v) is 4.19. The fourth-order valence-electron chi connectivity index (χ4n) is 2.95. The van der Waals surface area contributed by atoms with Crippen LogP contribution >= 0.6 is 0 Å². The summed E-state index contributed by atoms with van der Waals surface area (Å²) in [6.45, 7) is 2.60. The number of methoxy groups -OCH3 is 1. The van der Waals surface area contributed by atoms with Gasteiger partial charge < -0.3 is 25.5 Å². The van der Waals surface area contributed by atoms with E-state index in [1.54, 1.807) is 50.6 Å². The summed E-state index contributed by atoms with van der Waals surface area (Å²) in [5.74, 6) is -0.116. The Morgan fingerprint density at radius 1 is 1.37 bits per heavy atom. The van der Waals surface area contributed by atoms with Gasteiger partial charge in [0.1, 0.15) is 11.6 Å². The van der Waals surface area contributed by atoms with Crippen LogP contribution in [-0.2, 0) is 4.79 Å². The van der Waals surface area contributed by atoms with E-state index >= 15 is 0 Å². The molecule has 3 rings (SSSR count). The maximum absolute atomic E-state index is 14.5. The maximum Gasteiger partial charge on any atom is 0.256 e. The lowest BCUT2D eigenvalue weighted by molar-refractivity contribution is -0.110. The number of fused-ring (bicyclic) bond motifs is 1. The minimum Gasteiger partial charge on any atom is -0.495 e. The summed E-state index contributed by atoms with van der Waals surface area (Å²) in [5.41, 5.74) is 2.41. The minimum atomic E-state index is -0.455. The molecular weight excluding hydrogens is 349 g/mol. The second-order valence-corrected chi connectivity index (χ2v) is 6.27. The minimum absolute atomic E-state index is 0.297. The molecule has 27 heavy (non-hydrogen) atoms. The average molecular weight is 371 g/mol. The fraction of sp³-hybridized carbons (Fsp3) is 0.250. The van der Waals surface area contributed by atoms with Crippen LogP contribution in [0.5, 0.6) is 5.75 Å². The first-order valence-electron chi connectivity index (χ1n) is 8.64. The highest BCUT2D eigenvalue weighted by molar-refractivity contribution is 6.35. The Kier molecular flexibility index (Phi) is 5.73. The molecule has 0 spiro atoms. The van der Waals surface area contributed by atoms with Gasteiger partial charge in [-0.3, -0.25) is 4.79 Å². The summed E-state index contributed by atoms with van der Waals surface area (Å²) in [4.78, 5) is 15.5. The quantitative estimate of drug-likeness (QED) is 0.445. The Morgan fingerprint density at radius 2 is 2.19 bits per heavy atom. The molecule has 1 aromatic carbocycles. The van der Waals surface area contributed by atoms with E-state index in [4.69, 9.17) is 4.74 Å². The number of hydrogen-bond acceptors (Lipinski definition) is 4. The molecule has 4 N–H and O–H groups in total. The molecule has 0 saturated heterocycles. The van der Waals surface area contributed by atoms with Gasteiger partial charge in [0.25, 0.3) is 5.91 Å². The molecule has 0 bridgehead atoms. The Balaban J connectivity index is 1.95. The first-order valence-corrected chi connectivity index (χ1v) is 8.64. The maximum atomic E-state index is 14.5. The van der Waals surface area contributed by atoms with Crippen molar-refractivity contribution in [2.45, 2.75) is 13.0 Å². The van der Waals surface area contributed by atoms with Gasteiger partial charge in [-0.2, -0.15) is 0 Å². The number of rotatable bonds is 7. The number of aliphatic hydroxyl groups is 1. The van der Waals surface area contributed by atoms with Crippen LogP contribution < -0.4 is 15.4 Å². The number of anilines is 1. The van der Waals surface area contributed by atoms with E-state index in [0.29, 0.717) is 46.9 Å². The van der Waals surface area contributed by atoms with E-state index in [2.05, 4.69) is 15.6 Å². The summed E-state index contributed by atoms with van der Waals surface area (Å²) >= 11 is 0. The molecule has 1 atom stereocenters. The first kappa shape index (κ1) is 18.9. The number of aromatic nitrogens is 1. The Hall–Kier alpha value is -2.90. The molecule has 2 aromatic rings. The molecule has 7 heteroatoms. The van der Waals surface area contributed by atoms with Gasteiger partial charge in [0.15, 0.2) is 0 Å². The van der Waals surface area contributed by atoms with Crippen LogP contribution in [0.1, 0.15) is 23.7 Å². The van der Waals surface area contributed by atoms with Crippen molar-refractivity contribution in [2.75, 3.05) is 25.5 Å². The van der Waals surface area contributed by atoms with Crippen molar-refractivity contribution in [3.8, 4) is 5.75 Å². The number of halogens is 1. The summed E-state index contributed by atoms with van der Waals surface area (Å²) in [6, 6.07) is 4.64. The zero-order chi connectivity index (χ0) is 19.4. The van der Waals surface area contributed by atoms with E-state index in [1.807, 2.05) is 0 Å². The van der Waals surface area contributed by atoms with Crippen LogP contribution in [0.4, 0.5) is 10.1 Å². The number of nitrogens with one attached hydrogen (secondary N) is 3. The van der Waals surface area contributed by atoms with E-state index < -0.39 is 11.9 Å². The normalized spacial score (nSPS) is 16.0. The molecular formula is C20H22FN3O3. The van der Waals surface area contributed by atoms with Gasteiger partial charge in [0.2, 0.25) is 0 Å². The highest BCUT2D eigenvalue weighted by Crippen LogP contribution is 2.38. The molecule has 1 aromatic heterocycles. The highest BCUT2D eigenvalue weighted by Gasteiger charge is 2.28. The predicted molar refractivity (Wildman–Crippen MR) is 104 cm³/mol. The van der Waals surface area contributed by atoms with Crippen LogP contribution in [0, 0.1) is 5.82 Å². The largest absolute Gasteiger partial charge is 0.495 e. The SMILES string of the molecule is COc1cc[nH]c1/C=C1\C(=O)Nc2ccc(F)c(C=CCNCC(C)O)c21. The molecule has 142 valence electrons. The smallest absolute Gasteiger partial charge is 0.256 e. The number of carbonyl (C=O) groups excluding carboxylic acids is 1. The summed E-state index contributed by atoms with van der Waals surface area (Å²) in [5, 5.41) is 15.1. The van der Waals surface area contributed by atoms with Gasteiger partial charge in [-0.1, -0.05) is 12.2 Å². The Labute approximate surface area is 156 Å². The molecule has 0 saturated carbocycles. The Bertz CT molecular complexity index is 900. The lowest BCUT2D eigenvalue weighted by Gasteiger charge is -2.07. The second kappa shape index (κ2) is 8.20. The number of H-pyrrole nitrogens is 1. The van der Waals surface area contributed by atoms with Crippen molar-refractivity contribution >= 4 is 29.3 Å². The van der Waals surface area contributed by atoms with Gasteiger partial charge in [-0.15, -0.1) is 0 Å². The Morgan fingerprint density at radius 3 is 2.93 bits per heavy atom. The van der Waals surface area contributed by atoms with Crippen LogP contribution in [0.15, 0.2) is 30.5 Å². The molecule has 1 amide bonds. The van der Waals surface area contributed by atoms with Crippen LogP contribution in [0.25, 0.3) is 17.7 Å². The number of benzene rings is 1. The number of ether oxygens (including phenoxy) is 1. The predicted octanol–water partition coefficient (Wildman–Crippen LogP) is 2.64. The van der Waals surface area contributed by atoms with Crippen LogP contribution in [0.2, 0.25) is 0 Å². The highest BCUT2D eigenvalue weighted by atomic mass is 19.1. The topological polar surface area (TPSA) is 86.4 Å². The van der Waals surface area contributed by atoms with Crippen molar-refractivity contribution in [2.24, 2.45) is 0 Å². The zero-order valence-corrected chi connectivity index (χ0v) is 15.2. The van der Waals surface area contributed by atoms with E-state index in [1.165, 1.54) is 6.07 Å². The monoisotopic (exact) mass is 371 g/mol. The van der Waals surface area contributed by atoms with Gasteiger partial charge in [-0.05, 0) is 31.2 Å². The van der Waals surface area contributed by atoms with Gasteiger partial charge in [0.05, 0.1) is 24.5 Å². The second-order valence-electron chi connectivity index (χ2n) is 6.27. The van der Waals surface area contributed by atoms with Crippen LogP contribution in [-0.4, -0.2) is 42.3 Å². The third kappa shape index (κ3) is 4.10. The molecule has 1 aliphatic heterocycles. The molecule has 0 aliphatic carbocycles. The molecule has 1 unspecified atom stereocenters. The fourth-order valence-corrected chi connectivity index (χ4v) is 2.95. The van der Waals surface area contributed by atoms with Crippen LogP contribution in [0.3, 0.4) is 0 Å². The van der Waals surface area contributed by atoms with E-state index in [-0.39, 0.29) is 5.91 Å². The zero-order valence-electron chi connectivity index (χ0n) is 15.2. The molecule has 6 nitrogen and oxygen atoms in total. The van der Waals surface area contributed by atoms with Crippen molar-refractivity contribution in [1.29, 1.82) is 0 Å². The lowest BCUT2D eigenvalue weighted by atomic mass is 9.98. The molecule has 1 aliphatic rings. The number of hydrogen-bond donors (Lipinski definition) is 4. The molecule has 2 heterocycles. The first-order chi connectivity index (χ1) is 13.0.